The number of carbonyl (C=O) groups is 2. The van der Waals surface area contributed by atoms with Crippen LogP contribution in [-0.2, 0) is 16.0 Å². The summed E-state index contributed by atoms with van der Waals surface area (Å²) in [5.74, 6) is -2.08. The first-order valence-electron chi connectivity index (χ1n) is 8.45. The maximum Gasteiger partial charge on any atom is 0.423 e. The summed E-state index contributed by atoms with van der Waals surface area (Å²) >= 11 is 0. The Morgan fingerprint density at radius 2 is 1.86 bits per heavy atom. The van der Waals surface area contributed by atoms with E-state index in [0.717, 1.165) is 23.1 Å². The average Bonchev–Trinajstić information content (AvgIpc) is 2.71. The molecule has 0 fully saturated rings. The summed E-state index contributed by atoms with van der Waals surface area (Å²) in [6.07, 6.45) is 3.54. The Morgan fingerprint density at radius 3 is 2.57 bits per heavy atom. The molecule has 1 aliphatic heterocycles. The minimum Gasteiger partial charge on any atom is -0.466 e. The van der Waals surface area contributed by atoms with Crippen molar-refractivity contribution in [2.24, 2.45) is 5.92 Å². The number of nitrogens with zero attached hydrogens (tertiary/aromatic N) is 1. The van der Waals surface area contributed by atoms with Gasteiger partial charge in [0.2, 0.25) is 0 Å². The van der Waals surface area contributed by atoms with E-state index in [1.54, 1.807) is 36.4 Å². The van der Waals surface area contributed by atoms with E-state index in [1.165, 1.54) is 19.5 Å². The van der Waals surface area contributed by atoms with E-state index in [9.17, 15) is 18.4 Å². The molecule has 1 heterocycles. The van der Waals surface area contributed by atoms with Crippen molar-refractivity contribution in [3.8, 4) is 5.75 Å². The first-order valence-corrected chi connectivity index (χ1v) is 8.45. The molecule has 2 aromatic carbocycles. The highest BCUT2D eigenvalue weighted by Gasteiger charge is 2.27. The third kappa shape index (κ3) is 4.43. The smallest absolute Gasteiger partial charge is 0.423 e. The second kappa shape index (κ2) is 8.47. The van der Waals surface area contributed by atoms with Crippen LogP contribution in [0.2, 0.25) is 0 Å². The zero-order valence-electron chi connectivity index (χ0n) is 15.0. The number of hydrogen-bond acceptors (Lipinski definition) is 4. The second-order valence-corrected chi connectivity index (χ2v) is 6.05. The van der Waals surface area contributed by atoms with Gasteiger partial charge in [-0.15, -0.1) is 0 Å². The normalized spacial score (nSPS) is 15.8. The lowest BCUT2D eigenvalue weighted by atomic mass is 9.90. The maximum atomic E-state index is 14.0. The summed E-state index contributed by atoms with van der Waals surface area (Å²) < 4.78 is 37.4. The molecule has 0 saturated heterocycles. The Kier molecular flexibility index (Phi) is 5.84. The lowest BCUT2D eigenvalue weighted by Crippen LogP contribution is -2.30. The highest BCUT2D eigenvalue weighted by Crippen LogP contribution is 2.27. The minimum atomic E-state index is -0.723. The third-order valence-corrected chi connectivity index (χ3v) is 4.18. The van der Waals surface area contributed by atoms with Crippen LogP contribution >= 0.6 is 0 Å². The van der Waals surface area contributed by atoms with Gasteiger partial charge in [-0.2, -0.15) is 0 Å². The van der Waals surface area contributed by atoms with Gasteiger partial charge in [0.1, 0.15) is 17.4 Å². The number of esters is 1. The van der Waals surface area contributed by atoms with E-state index in [1.807, 2.05) is 0 Å². The predicted molar refractivity (Wildman–Crippen MR) is 97.1 cm³/mol. The van der Waals surface area contributed by atoms with Gasteiger partial charge in [0.15, 0.2) is 0 Å². The first kappa shape index (κ1) is 19.3. The molecule has 3 rings (SSSR count). The molecule has 0 spiro atoms. The lowest BCUT2D eigenvalue weighted by molar-refractivity contribution is -0.136. The molecule has 0 bridgehead atoms. The molecule has 0 aliphatic carbocycles. The lowest BCUT2D eigenvalue weighted by Gasteiger charge is -2.24. The number of allylic oxidation sites excluding steroid dienone is 1. The molecule has 0 aromatic heterocycles. The quantitative estimate of drug-likeness (QED) is 0.740. The van der Waals surface area contributed by atoms with Gasteiger partial charge in [-0.1, -0.05) is 24.3 Å². The Balaban J connectivity index is 1.81. The van der Waals surface area contributed by atoms with Crippen LogP contribution in [0, 0.1) is 17.6 Å². The Hall–Kier alpha value is -3.48. The molecular formula is C21H17F2NO4. The number of carbonyl (C=O) groups excluding carboxylic acids is 2. The Labute approximate surface area is 160 Å². The van der Waals surface area contributed by atoms with E-state index in [0.29, 0.717) is 5.75 Å². The number of ether oxygens (including phenoxy) is 2. The number of amides is 1. The number of rotatable bonds is 4. The minimum absolute atomic E-state index is 0.0304. The van der Waals surface area contributed by atoms with E-state index in [4.69, 9.17) is 9.47 Å². The van der Waals surface area contributed by atoms with Gasteiger partial charge in [-0.25, -0.2) is 18.4 Å². The van der Waals surface area contributed by atoms with Crippen LogP contribution in [-0.4, -0.2) is 24.1 Å². The fourth-order valence-corrected chi connectivity index (χ4v) is 2.78. The van der Waals surface area contributed by atoms with E-state index in [2.05, 4.69) is 0 Å². The summed E-state index contributed by atoms with van der Waals surface area (Å²) in [4.78, 5) is 25.6. The Morgan fingerprint density at radius 1 is 1.11 bits per heavy atom. The van der Waals surface area contributed by atoms with Crippen molar-refractivity contribution in [1.82, 2.24) is 4.90 Å². The first-order chi connectivity index (χ1) is 13.5. The fraction of sp³-hybridized carbons (Fsp3) is 0.143. The zero-order chi connectivity index (χ0) is 20.1. The molecule has 144 valence electrons. The van der Waals surface area contributed by atoms with Crippen LogP contribution in [0.3, 0.4) is 0 Å². The largest absolute Gasteiger partial charge is 0.466 e. The van der Waals surface area contributed by atoms with Crippen molar-refractivity contribution >= 4 is 12.1 Å². The van der Waals surface area contributed by atoms with Crippen LogP contribution in [0.4, 0.5) is 13.6 Å². The van der Waals surface area contributed by atoms with Crippen LogP contribution in [0.1, 0.15) is 5.56 Å². The molecule has 1 amide bonds. The molecular weight excluding hydrogens is 368 g/mol. The summed E-state index contributed by atoms with van der Waals surface area (Å²) in [6, 6.07) is 11.6. The van der Waals surface area contributed by atoms with Crippen molar-refractivity contribution in [2.45, 2.75) is 6.42 Å². The number of para-hydroxylation sites is 1. The van der Waals surface area contributed by atoms with Crippen LogP contribution < -0.4 is 4.74 Å². The predicted octanol–water partition coefficient (Wildman–Crippen LogP) is 4.21. The van der Waals surface area contributed by atoms with E-state index >= 15 is 0 Å². The topological polar surface area (TPSA) is 55.8 Å². The molecule has 2 aromatic rings. The average molecular weight is 385 g/mol. The van der Waals surface area contributed by atoms with Crippen LogP contribution in [0.15, 0.2) is 72.6 Å². The van der Waals surface area contributed by atoms with Gasteiger partial charge >= 0.3 is 12.1 Å². The van der Waals surface area contributed by atoms with Gasteiger partial charge in [-0.3, -0.25) is 4.90 Å². The molecule has 5 nitrogen and oxygen atoms in total. The number of hydrogen-bond donors (Lipinski definition) is 0. The van der Waals surface area contributed by atoms with Gasteiger partial charge in [0.05, 0.1) is 12.7 Å². The molecule has 1 atom stereocenters. The van der Waals surface area contributed by atoms with Gasteiger partial charge in [0.25, 0.3) is 0 Å². The molecule has 7 heteroatoms. The van der Waals surface area contributed by atoms with Gasteiger partial charge < -0.3 is 9.47 Å². The molecule has 1 aliphatic rings. The second-order valence-electron chi connectivity index (χ2n) is 6.05. The molecule has 0 saturated carbocycles. The van der Waals surface area contributed by atoms with Crippen LogP contribution in [0.25, 0.3) is 0 Å². The van der Waals surface area contributed by atoms with Gasteiger partial charge in [0, 0.05) is 18.3 Å². The highest BCUT2D eigenvalue weighted by atomic mass is 19.1. The molecule has 1 unspecified atom stereocenters. The van der Waals surface area contributed by atoms with Gasteiger partial charge in [-0.05, 0) is 42.3 Å². The summed E-state index contributed by atoms with van der Waals surface area (Å²) in [5.41, 5.74) is 0.239. The SMILES string of the molecule is COC(=O)C1=CN(C(=O)Oc2ccccc2)C=CC1Cc1cc(F)ccc1F. The Bertz CT molecular complexity index is 941. The van der Waals surface area contributed by atoms with E-state index in [-0.39, 0.29) is 17.6 Å². The summed E-state index contributed by atoms with van der Waals surface area (Å²) in [6.45, 7) is 0. The van der Waals surface area contributed by atoms with Crippen molar-refractivity contribution in [1.29, 1.82) is 0 Å². The van der Waals surface area contributed by atoms with Crippen molar-refractivity contribution in [3.05, 3.63) is 89.8 Å². The van der Waals surface area contributed by atoms with Crippen molar-refractivity contribution < 1.29 is 27.8 Å². The number of methoxy groups -OCH3 is 1. The monoisotopic (exact) mass is 385 g/mol. The summed E-state index contributed by atoms with van der Waals surface area (Å²) in [5, 5.41) is 0. The number of halogens is 2. The van der Waals surface area contributed by atoms with Crippen molar-refractivity contribution in [3.63, 3.8) is 0 Å². The van der Waals surface area contributed by atoms with Crippen molar-refractivity contribution in [2.75, 3.05) is 7.11 Å². The number of benzene rings is 2. The molecule has 0 radical (unpaired) electrons. The molecule has 0 N–H and O–H groups in total. The van der Waals surface area contributed by atoms with E-state index < -0.39 is 29.6 Å². The maximum absolute atomic E-state index is 14.0. The molecule has 28 heavy (non-hydrogen) atoms. The highest BCUT2D eigenvalue weighted by molar-refractivity contribution is 5.90. The summed E-state index contributed by atoms with van der Waals surface area (Å²) in [7, 11) is 1.20. The standard InChI is InChI=1S/C21H17F2NO4/c1-27-20(25)18-13-24(21(26)28-17-5-3-2-4-6-17)10-9-14(18)11-15-12-16(22)7-8-19(15)23/h2-10,12-14H,11H2,1H3. The van der Waals surface area contributed by atoms with Crippen LogP contribution in [0.5, 0.6) is 5.75 Å². The zero-order valence-corrected chi connectivity index (χ0v) is 15.0. The third-order valence-electron chi connectivity index (χ3n) is 4.18. The fourth-order valence-electron chi connectivity index (χ4n) is 2.78.